The van der Waals surface area contributed by atoms with Gasteiger partial charge in [0.2, 0.25) is 0 Å². The Balaban J connectivity index is 0.000000422. The van der Waals surface area contributed by atoms with Crippen molar-refractivity contribution >= 4 is 34.9 Å². The van der Waals surface area contributed by atoms with Crippen LogP contribution in [-0.4, -0.2) is 66.8 Å². The molecule has 0 aromatic heterocycles. The van der Waals surface area contributed by atoms with E-state index in [0.717, 1.165) is 18.2 Å². The molecule has 0 spiro atoms. The maximum absolute atomic E-state index is 13.2. The molecule has 0 fully saturated rings. The van der Waals surface area contributed by atoms with E-state index in [0.29, 0.717) is 18.2 Å². The highest BCUT2D eigenvalue weighted by atomic mass is 32.2. The van der Waals surface area contributed by atoms with Crippen LogP contribution in [0, 0.1) is 11.6 Å². The molecular formula is C18H18B2F8O12S2. The van der Waals surface area contributed by atoms with E-state index >= 15 is 0 Å². The molecular weight excluding hydrogens is 646 g/mol. The zero-order chi connectivity index (χ0) is 32.5. The van der Waals surface area contributed by atoms with Crippen molar-refractivity contribution in [1.82, 2.24) is 0 Å². The van der Waals surface area contributed by atoms with Crippen molar-refractivity contribution in [1.29, 1.82) is 0 Å². The van der Waals surface area contributed by atoms with Crippen LogP contribution in [0.4, 0.5) is 35.1 Å². The lowest BCUT2D eigenvalue weighted by atomic mass is 10.2. The monoisotopic (exact) mass is 664 g/mol. The highest BCUT2D eigenvalue weighted by Crippen LogP contribution is 2.31. The Kier molecular flexibility index (Phi) is 13.4. The summed E-state index contributed by atoms with van der Waals surface area (Å²) in [7, 11) is -12.8. The molecule has 0 atom stereocenters. The van der Waals surface area contributed by atoms with Gasteiger partial charge in [0.05, 0.1) is 13.2 Å². The second-order valence-electron chi connectivity index (χ2n) is 7.18. The number of hydrogen-bond acceptors (Lipinski definition) is 12. The second kappa shape index (κ2) is 15.1. The van der Waals surface area contributed by atoms with Gasteiger partial charge in [-0.25, -0.2) is 8.78 Å². The summed E-state index contributed by atoms with van der Waals surface area (Å²) in [5.41, 5.74) is -12.0. The standard InChI is InChI=1S/C10H11BF4O6S.C8H7BF4O6S/c1-18-11(19-2)20-6-7-5-8(12)3-4-9(7)21-22(16,17)10(13,14)15;10-6-1-2-7(5(3-6)4-18-9(14)15)19-20(16,17)8(11,12)13/h3-5H,6H2,1-2H3;1-3,14-15H,4H2. The summed E-state index contributed by atoms with van der Waals surface area (Å²) < 4.78 is 169. The predicted molar refractivity (Wildman–Crippen MR) is 124 cm³/mol. The van der Waals surface area contributed by atoms with Crippen LogP contribution >= 0.6 is 0 Å². The van der Waals surface area contributed by atoms with Gasteiger partial charge in [-0.15, -0.1) is 0 Å². The highest BCUT2D eigenvalue weighted by Gasteiger charge is 2.49. The van der Waals surface area contributed by atoms with Crippen molar-refractivity contribution in [3.63, 3.8) is 0 Å². The molecule has 0 heterocycles. The van der Waals surface area contributed by atoms with Crippen molar-refractivity contribution < 1.29 is 89.0 Å². The number of halogens is 8. The summed E-state index contributed by atoms with van der Waals surface area (Å²) >= 11 is 0. The lowest BCUT2D eigenvalue weighted by Gasteiger charge is -2.14. The quantitative estimate of drug-likeness (QED) is 0.148. The highest BCUT2D eigenvalue weighted by molar-refractivity contribution is 7.88. The molecule has 236 valence electrons. The van der Waals surface area contributed by atoms with Crippen molar-refractivity contribution in [2.24, 2.45) is 0 Å². The van der Waals surface area contributed by atoms with Crippen LogP contribution in [0.5, 0.6) is 11.5 Å². The second-order valence-corrected chi connectivity index (χ2v) is 10.3. The maximum atomic E-state index is 13.2. The van der Waals surface area contributed by atoms with Gasteiger partial charge in [0.15, 0.2) is 0 Å². The molecule has 0 bridgehead atoms. The molecule has 0 aliphatic heterocycles. The molecule has 0 amide bonds. The molecule has 0 radical (unpaired) electrons. The molecule has 0 saturated heterocycles. The van der Waals surface area contributed by atoms with E-state index in [2.05, 4.69) is 22.3 Å². The fourth-order valence-electron chi connectivity index (χ4n) is 2.37. The van der Waals surface area contributed by atoms with Gasteiger partial charge in [-0.1, -0.05) is 0 Å². The maximum Gasteiger partial charge on any atom is 0.639 e. The van der Waals surface area contributed by atoms with Crippen LogP contribution in [0.15, 0.2) is 36.4 Å². The average molecular weight is 664 g/mol. The van der Waals surface area contributed by atoms with Gasteiger partial charge >= 0.3 is 45.9 Å². The molecule has 0 saturated carbocycles. The van der Waals surface area contributed by atoms with Crippen LogP contribution in [-0.2, 0) is 52.1 Å². The molecule has 0 unspecified atom stereocenters. The van der Waals surface area contributed by atoms with Crippen molar-refractivity contribution in [2.75, 3.05) is 14.2 Å². The number of alkyl halides is 6. The summed E-state index contributed by atoms with van der Waals surface area (Å²) in [5, 5.41) is 16.9. The van der Waals surface area contributed by atoms with E-state index in [4.69, 9.17) is 14.7 Å². The normalized spacial score (nSPS) is 12.3. The van der Waals surface area contributed by atoms with E-state index < -0.39 is 87.8 Å². The van der Waals surface area contributed by atoms with Crippen LogP contribution < -0.4 is 8.37 Å². The van der Waals surface area contributed by atoms with E-state index in [1.54, 1.807) is 0 Å². The van der Waals surface area contributed by atoms with Gasteiger partial charge in [0.25, 0.3) is 0 Å². The number of benzene rings is 2. The van der Waals surface area contributed by atoms with Gasteiger partial charge in [-0.05, 0) is 36.4 Å². The zero-order valence-electron chi connectivity index (χ0n) is 20.9. The summed E-state index contributed by atoms with van der Waals surface area (Å²) in [6.45, 7) is -1.29. The third kappa shape index (κ3) is 11.5. The van der Waals surface area contributed by atoms with Crippen molar-refractivity contribution in [2.45, 2.75) is 24.2 Å². The molecule has 12 nitrogen and oxygen atoms in total. The van der Waals surface area contributed by atoms with E-state index in [9.17, 15) is 52.0 Å². The van der Waals surface area contributed by atoms with Gasteiger partial charge in [0.1, 0.15) is 23.1 Å². The first kappa shape index (κ1) is 37.3. The van der Waals surface area contributed by atoms with E-state index in [1.165, 1.54) is 14.2 Å². The molecule has 42 heavy (non-hydrogen) atoms. The molecule has 24 heteroatoms. The minimum Gasteiger partial charge on any atom is -0.402 e. The first-order valence-corrected chi connectivity index (χ1v) is 13.2. The van der Waals surface area contributed by atoms with Crippen LogP contribution in [0.25, 0.3) is 0 Å². The van der Waals surface area contributed by atoms with Crippen molar-refractivity contribution in [3.05, 3.63) is 59.2 Å². The van der Waals surface area contributed by atoms with E-state index in [1.807, 2.05) is 0 Å². The van der Waals surface area contributed by atoms with Gasteiger partial charge < -0.3 is 37.0 Å². The SMILES string of the molecule is COB(OC)OCc1cc(F)ccc1OS(=O)(=O)C(F)(F)F.O=S(=O)(Oc1ccc(F)cc1COB(O)O)C(F)(F)F. The van der Waals surface area contributed by atoms with Gasteiger partial charge in [-0.2, -0.15) is 43.2 Å². The van der Waals surface area contributed by atoms with Crippen LogP contribution in [0.3, 0.4) is 0 Å². The lowest BCUT2D eigenvalue weighted by Crippen LogP contribution is -2.28. The summed E-state index contributed by atoms with van der Waals surface area (Å²) in [6, 6.07) is 4.19. The summed E-state index contributed by atoms with van der Waals surface area (Å²) in [4.78, 5) is 0. The fraction of sp³-hybridized carbons (Fsp3) is 0.333. The van der Waals surface area contributed by atoms with Crippen molar-refractivity contribution in [3.8, 4) is 11.5 Å². The molecule has 0 aliphatic carbocycles. The first-order chi connectivity index (χ1) is 19.1. The third-order valence-corrected chi connectivity index (χ3v) is 6.09. The van der Waals surface area contributed by atoms with Gasteiger partial charge in [0, 0.05) is 25.3 Å². The summed E-state index contributed by atoms with van der Waals surface area (Å²) in [6.07, 6.45) is 0. The largest absolute Gasteiger partial charge is 0.639 e. The first-order valence-electron chi connectivity index (χ1n) is 10.4. The van der Waals surface area contributed by atoms with E-state index in [-0.39, 0.29) is 5.56 Å². The van der Waals surface area contributed by atoms with Crippen LogP contribution in [0.1, 0.15) is 11.1 Å². The Morgan fingerprint density at radius 3 is 1.36 bits per heavy atom. The molecule has 2 aromatic rings. The lowest BCUT2D eigenvalue weighted by molar-refractivity contribution is -0.0505. The van der Waals surface area contributed by atoms with Gasteiger partial charge in [-0.3, -0.25) is 0 Å². The Labute approximate surface area is 233 Å². The fourth-order valence-corrected chi connectivity index (χ4v) is 3.36. The van der Waals surface area contributed by atoms with Crippen LogP contribution in [0.2, 0.25) is 0 Å². The minimum atomic E-state index is -5.93. The zero-order valence-corrected chi connectivity index (χ0v) is 22.5. The Bertz CT molecular complexity index is 1390. The number of hydrogen-bond donors (Lipinski definition) is 2. The smallest absolute Gasteiger partial charge is 0.402 e. The Morgan fingerprint density at radius 2 is 1.05 bits per heavy atom. The Hall–Kier alpha value is -2.73. The molecule has 2 N–H and O–H groups in total. The molecule has 2 aromatic carbocycles. The molecule has 0 aliphatic rings. The third-order valence-electron chi connectivity index (χ3n) is 4.16. The minimum absolute atomic E-state index is 0.271. The topological polar surface area (TPSA) is 164 Å². The predicted octanol–water partition coefficient (Wildman–Crippen LogP) is 2.39. The average Bonchev–Trinajstić information content (AvgIpc) is 2.85. The molecule has 2 rings (SSSR count). The number of rotatable bonds is 12. The summed E-state index contributed by atoms with van der Waals surface area (Å²) in [5.74, 6) is -3.29. The Morgan fingerprint density at radius 1 is 0.690 bits per heavy atom.